The molecule has 1 unspecified atom stereocenters. The molecule has 15 heavy (non-hydrogen) atoms. The van der Waals surface area contributed by atoms with Crippen LogP contribution in [0, 0.1) is 0 Å². The van der Waals surface area contributed by atoms with Gasteiger partial charge < -0.3 is 0 Å². The van der Waals surface area contributed by atoms with Crippen LogP contribution < -0.4 is 0 Å². The number of sulfone groups is 1. The fourth-order valence-corrected chi connectivity index (χ4v) is 5.22. The van der Waals surface area contributed by atoms with E-state index in [1.54, 1.807) is 25.2 Å². The highest BCUT2D eigenvalue weighted by atomic mass is 79.9. The number of alkyl halides is 1. The van der Waals surface area contributed by atoms with E-state index in [9.17, 15) is 8.42 Å². The highest BCUT2D eigenvalue weighted by Crippen LogP contribution is 2.44. The first-order valence-electron chi connectivity index (χ1n) is 4.24. The molecule has 0 aliphatic rings. The van der Waals surface area contributed by atoms with E-state index in [-0.39, 0.29) is 4.83 Å². The molecule has 6 heteroatoms. The summed E-state index contributed by atoms with van der Waals surface area (Å²) in [5.41, 5.74) is 0. The van der Waals surface area contributed by atoms with Crippen LogP contribution in [0.4, 0.5) is 0 Å². The molecule has 0 fully saturated rings. The predicted molar refractivity (Wildman–Crippen MR) is 72.6 cm³/mol. The number of hydrogen-bond donors (Lipinski definition) is 0. The number of hydrogen-bond acceptors (Lipinski definition) is 3. The number of rotatable bonds is 3. The van der Waals surface area contributed by atoms with Crippen LogP contribution in [0.3, 0.4) is 0 Å². The highest BCUT2D eigenvalue weighted by Gasteiger charge is 2.39. The van der Waals surface area contributed by atoms with Gasteiger partial charge in [-0.1, -0.05) is 15.9 Å². The molecule has 0 saturated heterocycles. The summed E-state index contributed by atoms with van der Waals surface area (Å²) in [7, 11) is -3.11. The zero-order chi connectivity index (χ0) is 11.9. The van der Waals surface area contributed by atoms with Crippen LogP contribution in [0.5, 0.6) is 0 Å². The van der Waals surface area contributed by atoms with Crippen molar-refractivity contribution in [2.24, 2.45) is 0 Å². The van der Waals surface area contributed by atoms with Crippen LogP contribution in [0.2, 0.25) is 0 Å². The van der Waals surface area contributed by atoms with Crippen LogP contribution in [0.15, 0.2) is 15.9 Å². The largest absolute Gasteiger partial charge is 0.229 e. The molecule has 0 spiro atoms. The van der Waals surface area contributed by atoms with Crippen molar-refractivity contribution in [1.82, 2.24) is 0 Å². The molecule has 0 aromatic carbocycles. The highest BCUT2D eigenvalue weighted by molar-refractivity contribution is 9.11. The Bertz CT molecular complexity index is 448. The van der Waals surface area contributed by atoms with Crippen molar-refractivity contribution in [2.75, 3.05) is 6.26 Å². The van der Waals surface area contributed by atoms with Gasteiger partial charge in [-0.25, -0.2) is 8.42 Å². The lowest BCUT2D eigenvalue weighted by Crippen LogP contribution is -2.34. The summed E-state index contributed by atoms with van der Waals surface area (Å²) < 4.78 is 23.5. The molecule has 1 atom stereocenters. The van der Waals surface area contributed by atoms with E-state index < -0.39 is 14.6 Å². The van der Waals surface area contributed by atoms with Crippen molar-refractivity contribution in [3.8, 4) is 0 Å². The summed E-state index contributed by atoms with van der Waals surface area (Å²) in [6.07, 6.45) is 1.27. The van der Waals surface area contributed by atoms with Crippen molar-refractivity contribution in [2.45, 2.75) is 23.4 Å². The molecule has 0 amide bonds. The fraction of sp³-hybridized carbons (Fsp3) is 0.556. The summed E-state index contributed by atoms with van der Waals surface area (Å²) in [5, 5.41) is 1.94. The molecule has 0 radical (unpaired) electrons. The summed E-state index contributed by atoms with van der Waals surface area (Å²) in [6, 6.07) is 1.92. The lowest BCUT2D eigenvalue weighted by Gasteiger charge is -2.28. The van der Waals surface area contributed by atoms with E-state index in [0.717, 1.165) is 9.35 Å². The quantitative estimate of drug-likeness (QED) is 0.753. The Labute approximate surface area is 111 Å². The zero-order valence-corrected chi connectivity index (χ0v) is 13.4. The zero-order valence-electron chi connectivity index (χ0n) is 8.62. The maximum Gasteiger partial charge on any atom is 0.154 e. The Morgan fingerprint density at radius 3 is 2.33 bits per heavy atom. The summed E-state index contributed by atoms with van der Waals surface area (Å²) in [6.45, 7) is 3.46. The Hall–Kier alpha value is 0.610. The SMILES string of the molecule is CC(C)(C(Br)c1sccc1Br)S(C)(=O)=O. The predicted octanol–water partition coefficient (Wildman–Crippen LogP) is 3.77. The van der Waals surface area contributed by atoms with Crippen LogP contribution in [0.25, 0.3) is 0 Å². The van der Waals surface area contributed by atoms with Gasteiger partial charge in [0.25, 0.3) is 0 Å². The molecule has 0 bridgehead atoms. The maximum atomic E-state index is 11.7. The average molecular weight is 376 g/mol. The standard InChI is InChI=1S/C9H12Br2O2S2/c1-9(2,15(3,12)13)8(11)7-6(10)4-5-14-7/h4-5,8H,1-3H3. The van der Waals surface area contributed by atoms with Gasteiger partial charge in [0.15, 0.2) is 9.84 Å². The molecule has 1 rings (SSSR count). The Morgan fingerprint density at radius 1 is 1.47 bits per heavy atom. The van der Waals surface area contributed by atoms with Crippen molar-refractivity contribution in [1.29, 1.82) is 0 Å². The molecular formula is C9H12Br2O2S2. The van der Waals surface area contributed by atoms with Crippen LogP contribution >= 0.6 is 43.2 Å². The van der Waals surface area contributed by atoms with Gasteiger partial charge in [-0.3, -0.25) is 0 Å². The maximum absolute atomic E-state index is 11.7. The van der Waals surface area contributed by atoms with Crippen LogP contribution in [-0.4, -0.2) is 19.4 Å². The summed E-state index contributed by atoms with van der Waals surface area (Å²) in [5.74, 6) is 0. The van der Waals surface area contributed by atoms with E-state index in [1.165, 1.54) is 6.26 Å². The van der Waals surface area contributed by atoms with Gasteiger partial charge in [-0.2, -0.15) is 0 Å². The Kier molecular flexibility index (Phi) is 4.07. The van der Waals surface area contributed by atoms with Gasteiger partial charge >= 0.3 is 0 Å². The molecule has 0 aliphatic heterocycles. The summed E-state index contributed by atoms with van der Waals surface area (Å²) in [4.78, 5) is 0.805. The molecular weight excluding hydrogens is 364 g/mol. The minimum atomic E-state index is -3.11. The van der Waals surface area contributed by atoms with Crippen molar-refractivity contribution < 1.29 is 8.42 Å². The van der Waals surface area contributed by atoms with E-state index in [2.05, 4.69) is 31.9 Å². The van der Waals surface area contributed by atoms with Gasteiger partial charge in [-0.15, -0.1) is 11.3 Å². The molecule has 0 saturated carbocycles. The minimum Gasteiger partial charge on any atom is -0.229 e. The van der Waals surface area contributed by atoms with Crippen LogP contribution in [-0.2, 0) is 9.84 Å². The van der Waals surface area contributed by atoms with Crippen LogP contribution in [0.1, 0.15) is 23.6 Å². The topological polar surface area (TPSA) is 34.1 Å². The van der Waals surface area contributed by atoms with Crippen molar-refractivity contribution in [3.63, 3.8) is 0 Å². The third kappa shape index (κ3) is 2.65. The molecule has 86 valence electrons. The third-order valence-electron chi connectivity index (χ3n) is 2.44. The minimum absolute atomic E-state index is 0.200. The second-order valence-corrected chi connectivity index (χ2v) is 9.19. The lowest BCUT2D eigenvalue weighted by molar-refractivity contribution is 0.550. The smallest absolute Gasteiger partial charge is 0.154 e. The Morgan fingerprint density at radius 2 is 2.00 bits per heavy atom. The first-order chi connectivity index (χ1) is 6.68. The first kappa shape index (κ1) is 13.7. The lowest BCUT2D eigenvalue weighted by atomic mass is 10.1. The van der Waals surface area contributed by atoms with Gasteiger partial charge in [0.05, 0.1) is 9.57 Å². The molecule has 0 aliphatic carbocycles. The van der Waals surface area contributed by atoms with E-state index >= 15 is 0 Å². The normalized spacial score (nSPS) is 15.3. The van der Waals surface area contributed by atoms with Gasteiger partial charge in [0, 0.05) is 15.6 Å². The van der Waals surface area contributed by atoms with Gasteiger partial charge in [0.1, 0.15) is 0 Å². The number of thiophene rings is 1. The molecule has 1 heterocycles. The second kappa shape index (κ2) is 4.47. The van der Waals surface area contributed by atoms with Gasteiger partial charge in [0.2, 0.25) is 0 Å². The van der Waals surface area contributed by atoms with Crippen molar-refractivity contribution >= 4 is 53.0 Å². The van der Waals surface area contributed by atoms with Gasteiger partial charge in [-0.05, 0) is 41.2 Å². The second-order valence-electron chi connectivity index (χ2n) is 3.87. The van der Waals surface area contributed by atoms with E-state index in [1.807, 2.05) is 11.4 Å². The fourth-order valence-electron chi connectivity index (χ4n) is 0.990. The van der Waals surface area contributed by atoms with E-state index in [0.29, 0.717) is 0 Å². The molecule has 0 N–H and O–H groups in total. The van der Waals surface area contributed by atoms with Crippen molar-refractivity contribution in [3.05, 3.63) is 20.8 Å². The third-order valence-corrected chi connectivity index (χ3v) is 8.73. The first-order valence-corrected chi connectivity index (χ1v) is 8.72. The number of halogens is 2. The molecule has 2 nitrogen and oxygen atoms in total. The molecule has 1 aromatic heterocycles. The molecule has 1 aromatic rings. The monoisotopic (exact) mass is 374 g/mol. The van der Waals surface area contributed by atoms with E-state index in [4.69, 9.17) is 0 Å². The average Bonchev–Trinajstić information content (AvgIpc) is 2.48. The summed E-state index contributed by atoms with van der Waals surface area (Å²) >= 11 is 8.43. The Balaban J connectivity index is 3.16.